The summed E-state index contributed by atoms with van der Waals surface area (Å²) >= 11 is 1.82. The first-order valence-electron chi connectivity index (χ1n) is 6.50. The highest BCUT2D eigenvalue weighted by atomic mass is 32.2. The maximum absolute atomic E-state index is 12.2. The van der Waals surface area contributed by atoms with Gasteiger partial charge in [-0.1, -0.05) is 11.8 Å². The fraction of sp³-hybridized carbons (Fsp3) is 0.400. The number of amides is 1. The quantitative estimate of drug-likeness (QED) is 0.832. The lowest BCUT2D eigenvalue weighted by Crippen LogP contribution is -2.22. The minimum absolute atomic E-state index is 0.0530. The number of carbonyl (C=O) groups is 1. The van der Waals surface area contributed by atoms with Crippen molar-refractivity contribution < 1.29 is 9.53 Å². The average Bonchev–Trinajstić information content (AvgIpc) is 2.99. The van der Waals surface area contributed by atoms with Gasteiger partial charge in [-0.2, -0.15) is 11.8 Å². The zero-order chi connectivity index (χ0) is 14.4. The molecule has 2 rings (SSSR count). The summed E-state index contributed by atoms with van der Waals surface area (Å²) in [5.41, 5.74) is 6.84. The summed E-state index contributed by atoms with van der Waals surface area (Å²) < 4.78 is 5.28. The summed E-state index contributed by atoms with van der Waals surface area (Å²) in [6.45, 7) is 0.313. The van der Waals surface area contributed by atoms with Crippen LogP contribution in [0.1, 0.15) is 12.0 Å². The van der Waals surface area contributed by atoms with E-state index in [0.717, 1.165) is 23.5 Å². The van der Waals surface area contributed by atoms with Crippen molar-refractivity contribution in [2.75, 3.05) is 30.5 Å². The summed E-state index contributed by atoms with van der Waals surface area (Å²) in [5, 5.41) is 2.94. The van der Waals surface area contributed by atoms with Crippen molar-refractivity contribution in [2.45, 2.75) is 6.42 Å². The van der Waals surface area contributed by atoms with Crippen molar-refractivity contribution in [3.8, 4) is 17.6 Å². The number of methoxy groups -OCH3 is 1. The molecule has 1 unspecified atom stereocenters. The molecule has 1 aliphatic heterocycles. The molecular formula is C15H18N2O2S. The summed E-state index contributed by atoms with van der Waals surface area (Å²) in [6, 6.07) is 5.48. The van der Waals surface area contributed by atoms with Crippen LogP contribution in [0.3, 0.4) is 0 Å². The molecule has 1 aliphatic rings. The molecule has 0 aromatic heterocycles. The molecule has 3 N–H and O–H groups in total. The minimum atomic E-state index is 0.0530. The summed E-state index contributed by atoms with van der Waals surface area (Å²) in [7, 11) is 1.58. The van der Waals surface area contributed by atoms with E-state index >= 15 is 0 Å². The SMILES string of the molecule is COc1ccc(C#CCN)cc1NC(=O)C1CCSC1. The molecule has 5 heteroatoms. The largest absolute Gasteiger partial charge is 0.495 e. The van der Waals surface area contributed by atoms with Gasteiger partial charge in [-0.25, -0.2) is 0 Å². The first-order chi connectivity index (χ1) is 9.74. The molecule has 20 heavy (non-hydrogen) atoms. The summed E-state index contributed by atoms with van der Waals surface area (Å²) in [4.78, 5) is 12.2. The molecule has 1 heterocycles. The van der Waals surface area contributed by atoms with Crippen LogP contribution < -0.4 is 15.8 Å². The van der Waals surface area contributed by atoms with Crippen LogP contribution in [0.2, 0.25) is 0 Å². The van der Waals surface area contributed by atoms with Gasteiger partial charge in [0.25, 0.3) is 0 Å². The second-order valence-corrected chi connectivity index (χ2v) is 5.62. The average molecular weight is 290 g/mol. The Morgan fingerprint density at radius 1 is 1.60 bits per heavy atom. The number of nitrogens with one attached hydrogen (secondary N) is 1. The summed E-state index contributed by atoms with van der Waals surface area (Å²) in [6.07, 6.45) is 0.936. The molecule has 1 aromatic carbocycles. The molecule has 1 aromatic rings. The normalized spacial score (nSPS) is 17.2. The lowest BCUT2D eigenvalue weighted by Gasteiger charge is -2.13. The van der Waals surface area contributed by atoms with Gasteiger partial charge in [0.15, 0.2) is 0 Å². The fourth-order valence-corrected chi connectivity index (χ4v) is 3.23. The van der Waals surface area contributed by atoms with Gasteiger partial charge in [-0.05, 0) is 30.4 Å². The molecule has 1 atom stereocenters. The molecule has 1 saturated heterocycles. The summed E-state index contributed by atoms with van der Waals surface area (Å²) in [5.74, 6) is 8.47. The third-order valence-corrected chi connectivity index (χ3v) is 4.26. The van der Waals surface area contributed by atoms with Crippen LogP contribution in [-0.2, 0) is 4.79 Å². The van der Waals surface area contributed by atoms with E-state index in [-0.39, 0.29) is 11.8 Å². The Bertz CT molecular complexity index is 543. The van der Waals surface area contributed by atoms with Crippen molar-refractivity contribution in [3.05, 3.63) is 23.8 Å². The Balaban J connectivity index is 2.17. The predicted octanol–water partition coefficient (Wildman–Crippen LogP) is 1.70. The van der Waals surface area contributed by atoms with Crippen LogP contribution in [0, 0.1) is 17.8 Å². The number of rotatable bonds is 3. The highest BCUT2D eigenvalue weighted by Crippen LogP contribution is 2.28. The molecule has 0 radical (unpaired) electrons. The Morgan fingerprint density at radius 2 is 2.45 bits per heavy atom. The monoisotopic (exact) mass is 290 g/mol. The van der Waals surface area contributed by atoms with Crippen molar-refractivity contribution in [3.63, 3.8) is 0 Å². The van der Waals surface area contributed by atoms with Crippen molar-refractivity contribution in [1.82, 2.24) is 0 Å². The molecule has 0 bridgehead atoms. The first kappa shape index (κ1) is 14.8. The standard InChI is InChI=1S/C15H18N2O2S/c1-19-14-5-4-11(3-2-7-16)9-13(14)17-15(18)12-6-8-20-10-12/h4-5,9,12H,6-8,10,16H2,1H3,(H,17,18). The van der Waals surface area contributed by atoms with E-state index in [4.69, 9.17) is 10.5 Å². The Hall–Kier alpha value is -1.64. The van der Waals surface area contributed by atoms with Gasteiger partial charge >= 0.3 is 0 Å². The molecule has 106 valence electrons. The van der Waals surface area contributed by atoms with Gasteiger partial charge in [-0.15, -0.1) is 0 Å². The molecule has 4 nitrogen and oxygen atoms in total. The number of benzene rings is 1. The number of ether oxygens (including phenoxy) is 1. The third kappa shape index (κ3) is 3.69. The van der Waals surface area contributed by atoms with E-state index in [9.17, 15) is 4.79 Å². The van der Waals surface area contributed by atoms with E-state index in [0.29, 0.717) is 18.0 Å². The van der Waals surface area contributed by atoms with E-state index in [1.54, 1.807) is 13.2 Å². The second kappa shape index (κ2) is 7.22. The van der Waals surface area contributed by atoms with Gasteiger partial charge in [-0.3, -0.25) is 4.79 Å². The maximum atomic E-state index is 12.2. The Morgan fingerprint density at radius 3 is 3.10 bits per heavy atom. The van der Waals surface area contributed by atoms with Crippen molar-refractivity contribution >= 4 is 23.4 Å². The predicted molar refractivity (Wildman–Crippen MR) is 83.0 cm³/mol. The topological polar surface area (TPSA) is 64.3 Å². The highest BCUT2D eigenvalue weighted by molar-refractivity contribution is 7.99. The fourth-order valence-electron chi connectivity index (χ4n) is 2.01. The molecule has 1 fully saturated rings. The molecule has 0 saturated carbocycles. The molecule has 0 spiro atoms. The van der Waals surface area contributed by atoms with Gasteiger partial charge in [0, 0.05) is 17.2 Å². The van der Waals surface area contributed by atoms with E-state index in [1.165, 1.54) is 0 Å². The number of nitrogens with two attached hydrogens (primary N) is 1. The number of hydrogen-bond donors (Lipinski definition) is 2. The van der Waals surface area contributed by atoms with Crippen LogP contribution in [0.4, 0.5) is 5.69 Å². The number of hydrogen-bond acceptors (Lipinski definition) is 4. The van der Waals surface area contributed by atoms with Crippen LogP contribution in [0.25, 0.3) is 0 Å². The van der Waals surface area contributed by atoms with Gasteiger partial charge in [0.05, 0.1) is 19.3 Å². The van der Waals surface area contributed by atoms with Gasteiger partial charge in [0.1, 0.15) is 5.75 Å². The maximum Gasteiger partial charge on any atom is 0.228 e. The molecule has 1 amide bonds. The van der Waals surface area contributed by atoms with Gasteiger partial charge in [0.2, 0.25) is 5.91 Å². The molecular weight excluding hydrogens is 272 g/mol. The zero-order valence-corrected chi connectivity index (χ0v) is 12.3. The number of anilines is 1. The van der Waals surface area contributed by atoms with E-state index < -0.39 is 0 Å². The van der Waals surface area contributed by atoms with Crippen LogP contribution in [-0.4, -0.2) is 31.1 Å². The van der Waals surface area contributed by atoms with E-state index in [2.05, 4.69) is 17.2 Å². The third-order valence-electron chi connectivity index (χ3n) is 3.09. The van der Waals surface area contributed by atoms with E-state index in [1.807, 2.05) is 23.9 Å². The van der Waals surface area contributed by atoms with Gasteiger partial charge < -0.3 is 15.8 Å². The van der Waals surface area contributed by atoms with Crippen molar-refractivity contribution in [1.29, 1.82) is 0 Å². The lowest BCUT2D eigenvalue weighted by molar-refractivity contribution is -0.119. The Kier molecular flexibility index (Phi) is 5.33. The lowest BCUT2D eigenvalue weighted by atomic mass is 10.1. The van der Waals surface area contributed by atoms with Crippen LogP contribution in [0.5, 0.6) is 5.75 Å². The van der Waals surface area contributed by atoms with Crippen LogP contribution in [0.15, 0.2) is 18.2 Å². The Labute approximate surface area is 123 Å². The van der Waals surface area contributed by atoms with Crippen molar-refractivity contribution in [2.24, 2.45) is 11.7 Å². The smallest absolute Gasteiger partial charge is 0.228 e. The molecule has 0 aliphatic carbocycles. The minimum Gasteiger partial charge on any atom is -0.495 e. The van der Waals surface area contributed by atoms with Crippen LogP contribution >= 0.6 is 11.8 Å². The second-order valence-electron chi connectivity index (χ2n) is 4.47. The highest BCUT2D eigenvalue weighted by Gasteiger charge is 2.23. The number of carbonyl (C=O) groups excluding carboxylic acids is 1. The first-order valence-corrected chi connectivity index (χ1v) is 7.65. The number of thioether (sulfide) groups is 1. The zero-order valence-electron chi connectivity index (χ0n) is 11.4.